The molecule has 0 saturated carbocycles. The highest BCUT2D eigenvalue weighted by atomic mass is 16.8. The quantitative estimate of drug-likeness (QED) is 0.191. The van der Waals surface area contributed by atoms with Gasteiger partial charge in [0, 0.05) is 48.5 Å². The van der Waals surface area contributed by atoms with Gasteiger partial charge in [-0.05, 0) is 5.56 Å². The Labute approximate surface area is 293 Å². The molecule has 0 aliphatic carbocycles. The average molecular weight is 727 g/mol. The highest BCUT2D eigenvalue weighted by Crippen LogP contribution is 2.35. The summed E-state index contributed by atoms with van der Waals surface area (Å²) in [6, 6.07) is 8.86. The van der Waals surface area contributed by atoms with Crippen molar-refractivity contribution in [1.29, 1.82) is 0 Å². The summed E-state index contributed by atoms with van der Waals surface area (Å²) < 4.78 is 62.4. The standard InChI is InChI=1S/C33H42O18/c1-16(34)41-14-24-26(44-18(3)36)28(45-19(4)37)31(48-22(7)40)33(50-24)51-27-25(15-42-17(2)35)49-32(43-13-23-11-9-8-10-12-23)30(47-21(6)39)29(27)46-20(5)38/h8-12,24-33H,13-15H2,1-7H3/t24-,25+,26+,27+,28+,29+,30-,31-,32+,33+/m1/s1. The molecule has 2 fully saturated rings. The van der Waals surface area contributed by atoms with Crippen molar-refractivity contribution in [3.8, 4) is 0 Å². The van der Waals surface area contributed by atoms with Crippen molar-refractivity contribution in [2.45, 2.75) is 116 Å². The van der Waals surface area contributed by atoms with Gasteiger partial charge in [0.1, 0.15) is 31.5 Å². The van der Waals surface area contributed by atoms with E-state index in [0.29, 0.717) is 5.56 Å². The first kappa shape index (κ1) is 40.8. The van der Waals surface area contributed by atoms with E-state index in [1.807, 2.05) is 0 Å². The summed E-state index contributed by atoms with van der Waals surface area (Å²) in [6.45, 7) is 6.41. The number of rotatable bonds is 14. The average Bonchev–Trinajstić information content (AvgIpc) is 3.02. The van der Waals surface area contributed by atoms with Crippen LogP contribution in [-0.4, -0.2) is 116 Å². The van der Waals surface area contributed by atoms with Gasteiger partial charge in [-0.1, -0.05) is 30.3 Å². The summed E-state index contributed by atoms with van der Waals surface area (Å²) in [5.74, 6) is -5.79. The second-order valence-corrected chi connectivity index (χ2v) is 11.5. The zero-order valence-electron chi connectivity index (χ0n) is 29.1. The molecule has 0 radical (unpaired) electrons. The Bertz CT molecular complexity index is 1400. The molecule has 2 aliphatic heterocycles. The molecule has 2 aliphatic rings. The molecule has 282 valence electrons. The first-order valence-electron chi connectivity index (χ1n) is 15.8. The summed E-state index contributed by atoms with van der Waals surface area (Å²) in [6.07, 6.45) is -15.4. The number of ether oxygens (including phenoxy) is 11. The van der Waals surface area contributed by atoms with Crippen LogP contribution in [0.25, 0.3) is 0 Å². The van der Waals surface area contributed by atoms with E-state index in [9.17, 15) is 33.6 Å². The van der Waals surface area contributed by atoms with E-state index in [-0.39, 0.29) is 6.61 Å². The van der Waals surface area contributed by atoms with E-state index < -0.39 is 116 Å². The first-order chi connectivity index (χ1) is 24.0. The Hall–Kier alpha value is -4.65. The van der Waals surface area contributed by atoms with Gasteiger partial charge in [-0.3, -0.25) is 33.6 Å². The number of benzene rings is 1. The zero-order valence-corrected chi connectivity index (χ0v) is 29.1. The van der Waals surface area contributed by atoms with Crippen LogP contribution in [0.1, 0.15) is 54.0 Å². The Kier molecular flexibility index (Phi) is 15.3. The topological polar surface area (TPSA) is 221 Å². The maximum atomic E-state index is 12.5. The number of carbonyl (C=O) groups excluding carboxylic acids is 7. The molecule has 1 aromatic rings. The van der Waals surface area contributed by atoms with E-state index in [4.69, 9.17) is 52.1 Å². The number of hydrogen-bond donors (Lipinski definition) is 0. The summed E-state index contributed by atoms with van der Waals surface area (Å²) in [5.41, 5.74) is 0.708. The molecule has 18 heteroatoms. The maximum Gasteiger partial charge on any atom is 0.303 e. The molecule has 3 rings (SSSR count). The van der Waals surface area contributed by atoms with Gasteiger partial charge in [0.05, 0.1) is 6.61 Å². The van der Waals surface area contributed by atoms with Crippen LogP contribution in [0.4, 0.5) is 0 Å². The molecule has 2 heterocycles. The lowest BCUT2D eigenvalue weighted by molar-refractivity contribution is -0.362. The van der Waals surface area contributed by atoms with E-state index in [2.05, 4.69) is 0 Å². The Morgan fingerprint density at radius 3 is 1.35 bits per heavy atom. The van der Waals surface area contributed by atoms with Gasteiger partial charge >= 0.3 is 41.8 Å². The normalized spacial score (nSPS) is 28.7. The molecule has 1 aromatic carbocycles. The van der Waals surface area contributed by atoms with Gasteiger partial charge in [-0.15, -0.1) is 0 Å². The second-order valence-electron chi connectivity index (χ2n) is 11.5. The van der Waals surface area contributed by atoms with Crippen LogP contribution in [-0.2, 0) is 92.3 Å². The van der Waals surface area contributed by atoms with E-state index >= 15 is 0 Å². The number of carbonyl (C=O) groups is 7. The summed E-state index contributed by atoms with van der Waals surface area (Å²) in [5, 5.41) is 0. The van der Waals surface area contributed by atoms with Gasteiger partial charge in [-0.2, -0.15) is 0 Å². The number of hydrogen-bond acceptors (Lipinski definition) is 18. The first-order valence-corrected chi connectivity index (χ1v) is 15.8. The summed E-state index contributed by atoms with van der Waals surface area (Å²) in [4.78, 5) is 85.4. The summed E-state index contributed by atoms with van der Waals surface area (Å²) in [7, 11) is 0. The van der Waals surface area contributed by atoms with Crippen LogP contribution >= 0.6 is 0 Å². The fraction of sp³-hybridized carbons (Fsp3) is 0.606. The SMILES string of the molecule is CC(=O)OC[C@@H]1O[C@H](OCc2ccccc2)[C@H](OC(C)=O)[C@@H](OC(C)=O)[C@H]1O[C@@H]1O[C@H](COC(C)=O)[C@H](OC(C)=O)[C@H](OC(C)=O)[C@H]1OC(C)=O. The van der Waals surface area contributed by atoms with Crippen molar-refractivity contribution in [2.75, 3.05) is 13.2 Å². The molecule has 18 nitrogen and oxygen atoms in total. The van der Waals surface area contributed by atoms with Crippen molar-refractivity contribution in [1.82, 2.24) is 0 Å². The van der Waals surface area contributed by atoms with Crippen LogP contribution in [0.3, 0.4) is 0 Å². The van der Waals surface area contributed by atoms with E-state index in [1.54, 1.807) is 30.3 Å². The van der Waals surface area contributed by atoms with Crippen LogP contribution in [0.5, 0.6) is 0 Å². The third kappa shape index (κ3) is 12.6. The van der Waals surface area contributed by atoms with Crippen molar-refractivity contribution in [3.05, 3.63) is 35.9 Å². The molecular formula is C33H42O18. The fourth-order valence-electron chi connectivity index (χ4n) is 5.36. The molecular weight excluding hydrogens is 684 g/mol. The van der Waals surface area contributed by atoms with Crippen LogP contribution in [0, 0.1) is 0 Å². The van der Waals surface area contributed by atoms with Crippen LogP contribution < -0.4 is 0 Å². The van der Waals surface area contributed by atoms with Crippen molar-refractivity contribution < 1.29 is 85.7 Å². The van der Waals surface area contributed by atoms with Gasteiger partial charge in [-0.25, -0.2) is 0 Å². The molecule has 10 atom stereocenters. The predicted octanol–water partition coefficient (Wildman–Crippen LogP) is 0.823. The highest BCUT2D eigenvalue weighted by molar-refractivity contribution is 5.69. The fourth-order valence-corrected chi connectivity index (χ4v) is 5.36. The minimum absolute atomic E-state index is 0.0540. The smallest absolute Gasteiger partial charge is 0.303 e. The maximum absolute atomic E-state index is 12.5. The van der Waals surface area contributed by atoms with Crippen molar-refractivity contribution in [2.24, 2.45) is 0 Å². The van der Waals surface area contributed by atoms with Crippen molar-refractivity contribution >= 4 is 41.8 Å². The van der Waals surface area contributed by atoms with E-state index in [1.165, 1.54) is 0 Å². The molecule has 0 N–H and O–H groups in total. The molecule has 0 bridgehead atoms. The number of esters is 7. The van der Waals surface area contributed by atoms with E-state index in [0.717, 1.165) is 48.5 Å². The van der Waals surface area contributed by atoms with Gasteiger partial charge in [0.25, 0.3) is 0 Å². The predicted molar refractivity (Wildman–Crippen MR) is 164 cm³/mol. The minimum atomic E-state index is -1.78. The Morgan fingerprint density at radius 1 is 0.490 bits per heavy atom. The van der Waals surface area contributed by atoms with Crippen LogP contribution in [0.2, 0.25) is 0 Å². The lowest BCUT2D eigenvalue weighted by atomic mass is 9.96. The lowest BCUT2D eigenvalue weighted by Gasteiger charge is -2.48. The van der Waals surface area contributed by atoms with Gasteiger partial charge < -0.3 is 52.1 Å². The van der Waals surface area contributed by atoms with Gasteiger partial charge in [0.15, 0.2) is 43.1 Å². The molecule has 51 heavy (non-hydrogen) atoms. The molecule has 2 saturated heterocycles. The van der Waals surface area contributed by atoms with Gasteiger partial charge in [0.2, 0.25) is 0 Å². The Balaban J connectivity index is 2.13. The molecule has 0 aromatic heterocycles. The monoisotopic (exact) mass is 726 g/mol. The largest absolute Gasteiger partial charge is 0.463 e. The highest BCUT2D eigenvalue weighted by Gasteiger charge is 2.57. The molecule has 0 amide bonds. The minimum Gasteiger partial charge on any atom is -0.463 e. The summed E-state index contributed by atoms with van der Waals surface area (Å²) >= 11 is 0. The Morgan fingerprint density at radius 2 is 0.882 bits per heavy atom. The van der Waals surface area contributed by atoms with Crippen LogP contribution in [0.15, 0.2) is 30.3 Å². The third-order valence-electron chi connectivity index (χ3n) is 7.14. The lowest BCUT2D eigenvalue weighted by Crippen LogP contribution is -2.67. The molecule has 0 spiro atoms. The van der Waals surface area contributed by atoms with Crippen molar-refractivity contribution in [3.63, 3.8) is 0 Å². The molecule has 0 unspecified atom stereocenters. The second kappa shape index (κ2) is 19.1. The zero-order chi connectivity index (χ0) is 37.8. The third-order valence-corrected chi connectivity index (χ3v) is 7.14.